The van der Waals surface area contributed by atoms with Gasteiger partial charge in [-0.1, -0.05) is 0 Å². The molecule has 3 aromatic heterocycles. The number of aromatic nitrogens is 4. The molecule has 9 nitrogen and oxygen atoms in total. The van der Waals surface area contributed by atoms with E-state index >= 15 is 0 Å². The highest BCUT2D eigenvalue weighted by atomic mass is 16.2. The van der Waals surface area contributed by atoms with Crippen LogP contribution in [0.25, 0.3) is 5.65 Å². The van der Waals surface area contributed by atoms with Gasteiger partial charge < -0.3 is 15.1 Å². The average molecular weight is 379 g/mol. The summed E-state index contributed by atoms with van der Waals surface area (Å²) in [5, 5.41) is 11.4. The van der Waals surface area contributed by atoms with Crippen molar-refractivity contribution in [2.75, 3.05) is 32.5 Å². The molecule has 1 aliphatic heterocycles. The summed E-state index contributed by atoms with van der Waals surface area (Å²) in [5.41, 5.74) is 1.80. The molecule has 0 bridgehead atoms. The Morgan fingerprint density at radius 2 is 2.07 bits per heavy atom. The number of amides is 3. The molecule has 1 saturated heterocycles. The van der Waals surface area contributed by atoms with Crippen LogP contribution in [0.2, 0.25) is 0 Å². The molecule has 4 rings (SSSR count). The summed E-state index contributed by atoms with van der Waals surface area (Å²) in [4.78, 5) is 32.2. The predicted molar refractivity (Wildman–Crippen MR) is 103 cm³/mol. The molecule has 1 unspecified atom stereocenters. The highest BCUT2D eigenvalue weighted by Gasteiger charge is 2.31. The standard InChI is InChI=1S/C19H21N7O2/c1-24(2)19(28)25-9-7-13(11-25)17-23-22-16-6-5-14(12-26(16)17)18(27)21-15-4-3-8-20-10-15/h3-6,8,10,12-13H,7,9,11H2,1-2H3,(H,21,27). The van der Waals surface area contributed by atoms with Gasteiger partial charge in [0.2, 0.25) is 0 Å². The molecule has 0 aliphatic carbocycles. The maximum Gasteiger partial charge on any atom is 0.319 e. The number of urea groups is 1. The molecule has 0 spiro atoms. The van der Waals surface area contributed by atoms with Crippen LogP contribution in [0.1, 0.15) is 28.5 Å². The number of nitrogens with zero attached hydrogens (tertiary/aromatic N) is 6. The SMILES string of the molecule is CN(C)C(=O)N1CCC(c2nnc3ccc(C(=O)Nc4cccnc4)cn23)C1. The third-order valence-corrected chi connectivity index (χ3v) is 4.82. The lowest BCUT2D eigenvalue weighted by molar-refractivity contribution is 0.102. The van der Waals surface area contributed by atoms with Gasteiger partial charge in [0.1, 0.15) is 5.82 Å². The molecule has 9 heteroatoms. The zero-order chi connectivity index (χ0) is 19.7. The molecular weight excluding hydrogens is 358 g/mol. The number of hydrogen-bond acceptors (Lipinski definition) is 5. The van der Waals surface area contributed by atoms with Crippen LogP contribution in [0, 0.1) is 0 Å². The van der Waals surface area contributed by atoms with Gasteiger partial charge in [0, 0.05) is 45.5 Å². The van der Waals surface area contributed by atoms with Gasteiger partial charge in [-0.05, 0) is 30.7 Å². The highest BCUT2D eigenvalue weighted by molar-refractivity contribution is 6.04. The largest absolute Gasteiger partial charge is 0.331 e. The second kappa shape index (κ2) is 7.26. The number of nitrogens with one attached hydrogen (secondary N) is 1. The van der Waals surface area contributed by atoms with E-state index in [1.54, 1.807) is 61.9 Å². The molecule has 1 N–H and O–H groups in total. The maximum absolute atomic E-state index is 12.6. The molecule has 3 amide bonds. The molecule has 144 valence electrons. The van der Waals surface area contributed by atoms with Crippen LogP contribution in [0.5, 0.6) is 0 Å². The molecule has 1 aliphatic rings. The van der Waals surface area contributed by atoms with Crippen LogP contribution in [-0.4, -0.2) is 68.5 Å². The van der Waals surface area contributed by atoms with E-state index in [4.69, 9.17) is 0 Å². The van der Waals surface area contributed by atoms with Crippen molar-refractivity contribution in [3.05, 3.63) is 54.2 Å². The van der Waals surface area contributed by atoms with Gasteiger partial charge in [-0.2, -0.15) is 0 Å². The third kappa shape index (κ3) is 3.38. The predicted octanol–water partition coefficient (Wildman–Crippen LogP) is 1.85. The Balaban J connectivity index is 1.57. The first-order valence-corrected chi connectivity index (χ1v) is 9.05. The zero-order valence-corrected chi connectivity index (χ0v) is 15.7. The summed E-state index contributed by atoms with van der Waals surface area (Å²) in [7, 11) is 3.49. The van der Waals surface area contributed by atoms with E-state index in [1.165, 1.54) is 0 Å². The molecule has 4 heterocycles. The van der Waals surface area contributed by atoms with E-state index in [0.29, 0.717) is 30.0 Å². The maximum atomic E-state index is 12.6. The molecule has 0 saturated carbocycles. The van der Waals surface area contributed by atoms with Crippen LogP contribution < -0.4 is 5.32 Å². The zero-order valence-electron chi connectivity index (χ0n) is 15.7. The van der Waals surface area contributed by atoms with Gasteiger partial charge in [-0.15, -0.1) is 10.2 Å². The molecule has 0 radical (unpaired) electrons. The Hall–Kier alpha value is -3.49. The first-order chi connectivity index (χ1) is 13.5. The fourth-order valence-electron chi connectivity index (χ4n) is 3.39. The normalized spacial score (nSPS) is 16.4. The number of anilines is 1. The lowest BCUT2D eigenvalue weighted by Crippen LogP contribution is -2.37. The minimum atomic E-state index is -0.231. The van der Waals surface area contributed by atoms with E-state index in [1.807, 2.05) is 9.30 Å². The number of rotatable bonds is 3. The minimum absolute atomic E-state index is 0.00661. The fourth-order valence-corrected chi connectivity index (χ4v) is 3.39. The molecule has 1 atom stereocenters. The Morgan fingerprint density at radius 3 is 2.82 bits per heavy atom. The smallest absolute Gasteiger partial charge is 0.319 e. The summed E-state index contributed by atoms with van der Waals surface area (Å²) >= 11 is 0. The Kier molecular flexibility index (Phi) is 4.64. The Bertz CT molecular complexity index is 1020. The summed E-state index contributed by atoms with van der Waals surface area (Å²) in [6.45, 7) is 1.27. The molecular formula is C19H21N7O2. The van der Waals surface area contributed by atoms with E-state index < -0.39 is 0 Å². The van der Waals surface area contributed by atoms with Gasteiger partial charge in [-0.3, -0.25) is 14.2 Å². The quantitative estimate of drug-likeness (QED) is 0.749. The molecule has 3 aromatic rings. The Labute approximate surface area is 162 Å². The van der Waals surface area contributed by atoms with Crippen LogP contribution in [0.15, 0.2) is 42.9 Å². The number of pyridine rings is 2. The lowest BCUT2D eigenvalue weighted by Gasteiger charge is -2.21. The van der Waals surface area contributed by atoms with Crippen molar-refractivity contribution in [2.45, 2.75) is 12.3 Å². The summed E-state index contributed by atoms with van der Waals surface area (Å²) < 4.78 is 1.84. The van der Waals surface area contributed by atoms with Gasteiger partial charge >= 0.3 is 6.03 Å². The van der Waals surface area contributed by atoms with Crippen molar-refractivity contribution in [2.24, 2.45) is 0 Å². The second-order valence-electron chi connectivity index (χ2n) is 7.01. The number of fused-ring (bicyclic) bond motifs is 1. The van der Waals surface area contributed by atoms with Gasteiger partial charge in [0.05, 0.1) is 17.4 Å². The average Bonchev–Trinajstić information content (AvgIpc) is 3.34. The van der Waals surface area contributed by atoms with E-state index in [0.717, 1.165) is 12.2 Å². The van der Waals surface area contributed by atoms with Gasteiger partial charge in [-0.25, -0.2) is 4.79 Å². The topological polar surface area (TPSA) is 95.7 Å². The van der Waals surface area contributed by atoms with E-state index in [9.17, 15) is 9.59 Å². The minimum Gasteiger partial charge on any atom is -0.331 e. The lowest BCUT2D eigenvalue weighted by atomic mass is 10.1. The molecule has 28 heavy (non-hydrogen) atoms. The van der Waals surface area contributed by atoms with Crippen molar-refractivity contribution < 1.29 is 9.59 Å². The monoisotopic (exact) mass is 379 g/mol. The highest BCUT2D eigenvalue weighted by Crippen LogP contribution is 2.27. The van der Waals surface area contributed by atoms with E-state index in [-0.39, 0.29) is 17.9 Å². The van der Waals surface area contributed by atoms with E-state index in [2.05, 4.69) is 20.5 Å². The number of likely N-dealkylation sites (tertiary alicyclic amines) is 1. The van der Waals surface area contributed by atoms with Crippen LogP contribution in [0.4, 0.5) is 10.5 Å². The van der Waals surface area contributed by atoms with Crippen molar-refractivity contribution >= 4 is 23.3 Å². The number of carbonyl (C=O) groups is 2. The summed E-state index contributed by atoms with van der Waals surface area (Å²) in [6.07, 6.45) is 5.80. The summed E-state index contributed by atoms with van der Waals surface area (Å²) in [5.74, 6) is 0.612. The van der Waals surface area contributed by atoms with Crippen molar-refractivity contribution in [1.29, 1.82) is 0 Å². The molecule has 0 aromatic carbocycles. The molecule has 1 fully saturated rings. The van der Waals surface area contributed by atoms with Crippen LogP contribution in [0.3, 0.4) is 0 Å². The first-order valence-electron chi connectivity index (χ1n) is 9.05. The first kappa shape index (κ1) is 17.9. The van der Waals surface area contributed by atoms with Gasteiger partial charge in [0.15, 0.2) is 5.65 Å². The van der Waals surface area contributed by atoms with Crippen molar-refractivity contribution in [3.8, 4) is 0 Å². The van der Waals surface area contributed by atoms with Crippen molar-refractivity contribution in [3.63, 3.8) is 0 Å². The number of hydrogen-bond donors (Lipinski definition) is 1. The number of carbonyl (C=O) groups excluding carboxylic acids is 2. The van der Waals surface area contributed by atoms with Crippen LogP contribution >= 0.6 is 0 Å². The van der Waals surface area contributed by atoms with Crippen molar-refractivity contribution in [1.82, 2.24) is 29.4 Å². The second-order valence-corrected chi connectivity index (χ2v) is 7.01. The third-order valence-electron chi connectivity index (χ3n) is 4.82. The van der Waals surface area contributed by atoms with Crippen LogP contribution in [-0.2, 0) is 0 Å². The van der Waals surface area contributed by atoms with Gasteiger partial charge in [0.25, 0.3) is 5.91 Å². The Morgan fingerprint density at radius 1 is 1.21 bits per heavy atom. The summed E-state index contributed by atoms with van der Waals surface area (Å²) in [6, 6.07) is 7.02. The fraction of sp³-hybridized carbons (Fsp3) is 0.316.